The number of aromatic nitrogens is 2. The highest BCUT2D eigenvalue weighted by atomic mass is 32.2. The van der Waals surface area contributed by atoms with Crippen LogP contribution in [0.3, 0.4) is 0 Å². The number of aliphatic hydroxyl groups excluding tert-OH is 1. The van der Waals surface area contributed by atoms with Gasteiger partial charge in [-0.3, -0.25) is 23.7 Å². The van der Waals surface area contributed by atoms with E-state index in [1.54, 1.807) is 0 Å². The fraction of sp³-hybridized carbons (Fsp3) is 0.444. The molecular weight excluding hydrogens is 652 g/mol. The smallest absolute Gasteiger partial charge is 0.351 e. The number of esters is 2. The first kappa shape index (κ1) is 31.3. The van der Waals surface area contributed by atoms with Crippen LogP contribution in [0.4, 0.5) is 4.79 Å². The number of allylic oxidation sites excluding steroid dienone is 1. The lowest BCUT2D eigenvalue weighted by Crippen LogP contribution is -2.42. The maximum Gasteiger partial charge on any atom is 0.351 e. The second kappa shape index (κ2) is 9.44. The Balaban J connectivity index is 1.32. The van der Waals surface area contributed by atoms with Gasteiger partial charge in [-0.15, -0.1) is 0 Å². The molecule has 2 amide bonds. The van der Waals surface area contributed by atoms with Crippen LogP contribution >= 0.6 is 0 Å². The van der Waals surface area contributed by atoms with Gasteiger partial charge >= 0.3 is 23.7 Å². The standard InChI is InChI=1S/C27H28N4O13S2/c1-12-15(19(32)29(3)24(37)28(12)2)6-17-22(35)43-26(45(17,39)40)8-13-10-27(11-14(13)9-26)44-23(36)18(46(27,41)42)7-16-20(33)30(4)25(38)31(5)21(16)34/h6-7,13-14,32-33H,1,8-11H2,2-5H3/b17-6+,18-7+/t13-,14?,26?,27?/m0/s1. The number of likely N-dealkylation sites (N-methyl/N-ethyl adjacent to an activating group) is 1. The van der Waals surface area contributed by atoms with Crippen molar-refractivity contribution in [1.82, 2.24) is 18.9 Å². The third-order valence-corrected chi connectivity index (χ3v) is 14.1. The topological polar surface area (TPSA) is 229 Å². The molecule has 6 rings (SSSR count). The molecule has 2 saturated heterocycles. The van der Waals surface area contributed by atoms with Crippen LogP contribution in [0, 0.1) is 11.8 Å². The van der Waals surface area contributed by atoms with E-state index in [0.29, 0.717) is 15.2 Å². The monoisotopic (exact) mass is 680 g/mol. The van der Waals surface area contributed by atoms with Crippen LogP contribution in [0.5, 0.6) is 5.88 Å². The second-order valence-electron chi connectivity index (χ2n) is 12.0. The van der Waals surface area contributed by atoms with Crippen molar-refractivity contribution in [1.29, 1.82) is 0 Å². The molecule has 0 radical (unpaired) electrons. The van der Waals surface area contributed by atoms with Gasteiger partial charge in [0.05, 0.1) is 11.3 Å². The van der Waals surface area contributed by atoms with Gasteiger partial charge < -0.3 is 19.7 Å². The molecule has 2 saturated carbocycles. The van der Waals surface area contributed by atoms with E-state index in [9.17, 15) is 51.0 Å². The summed E-state index contributed by atoms with van der Waals surface area (Å²) in [6.07, 6.45) is 0.236. The van der Waals surface area contributed by atoms with Gasteiger partial charge in [0, 0.05) is 53.9 Å². The summed E-state index contributed by atoms with van der Waals surface area (Å²) in [5.74, 6) is -5.38. The number of hydrogen-bond acceptors (Lipinski definition) is 13. The minimum Gasteiger partial charge on any atom is -0.494 e. The quantitative estimate of drug-likeness (QED) is 0.296. The fourth-order valence-electron chi connectivity index (χ4n) is 6.94. The van der Waals surface area contributed by atoms with Crippen molar-refractivity contribution in [2.24, 2.45) is 25.9 Å². The van der Waals surface area contributed by atoms with Gasteiger partial charge in [0.1, 0.15) is 5.56 Å². The molecule has 3 aliphatic heterocycles. The highest BCUT2D eigenvalue weighted by Gasteiger charge is 2.71. The van der Waals surface area contributed by atoms with Crippen LogP contribution in [-0.4, -0.2) is 87.9 Å². The van der Waals surface area contributed by atoms with Crippen molar-refractivity contribution in [2.75, 3.05) is 14.1 Å². The van der Waals surface area contributed by atoms with E-state index in [4.69, 9.17) is 9.47 Å². The summed E-state index contributed by atoms with van der Waals surface area (Å²) in [4.78, 5) is 59.0. The first-order chi connectivity index (χ1) is 21.2. The Bertz CT molecular complexity index is 2140. The molecule has 2 spiro atoms. The van der Waals surface area contributed by atoms with E-state index in [1.807, 2.05) is 0 Å². The first-order valence-corrected chi connectivity index (χ1v) is 16.7. The van der Waals surface area contributed by atoms with Gasteiger partial charge in [0.25, 0.3) is 5.56 Å². The first-order valence-electron chi connectivity index (χ1n) is 13.7. The lowest BCUT2D eigenvalue weighted by atomic mass is 10.0. The number of nitrogens with zero attached hydrogens (tertiary/aromatic N) is 4. The molecule has 5 aliphatic rings. The van der Waals surface area contributed by atoms with E-state index < -0.39 is 97.7 Å². The zero-order chi connectivity index (χ0) is 34.0. The number of fused-ring (bicyclic) bond motifs is 1. The highest BCUT2D eigenvalue weighted by Crippen LogP contribution is 2.62. The number of carbonyl (C=O) groups excluding carboxylic acids is 3. The summed E-state index contributed by atoms with van der Waals surface area (Å²) in [5.41, 5.74) is -2.82. The van der Waals surface area contributed by atoms with E-state index in [0.717, 1.165) is 30.0 Å². The van der Waals surface area contributed by atoms with Crippen molar-refractivity contribution in [3.05, 3.63) is 66.0 Å². The third-order valence-electron chi connectivity index (χ3n) is 9.54. The predicted octanol–water partition coefficient (Wildman–Crippen LogP) is -0.549. The van der Waals surface area contributed by atoms with Crippen molar-refractivity contribution in [2.45, 2.75) is 35.5 Å². The molecule has 0 bridgehead atoms. The number of aliphatic hydroxyl groups is 1. The zero-order valence-electron chi connectivity index (χ0n) is 24.8. The molecule has 46 heavy (non-hydrogen) atoms. The van der Waals surface area contributed by atoms with E-state index in [1.165, 1.54) is 14.1 Å². The average molecular weight is 681 g/mol. The summed E-state index contributed by atoms with van der Waals surface area (Å²) < 4.78 is 67.4. The SMILES string of the molecule is C=C1C(/C=C2\C(=O)OC3(CC4CC5(C[C@@H]4C3)OC(=O)/C(=C\c3c(O)n(C)c(=O)n(C)c3=O)S5(=O)=O)S2(=O)=O)=C(O)N(C)C(=O)N1C. The molecule has 2 N–H and O–H groups in total. The Kier molecular flexibility index (Phi) is 6.43. The molecule has 17 nitrogen and oxygen atoms in total. The largest absolute Gasteiger partial charge is 0.494 e. The van der Waals surface area contributed by atoms with Gasteiger partial charge in [0.15, 0.2) is 9.81 Å². The highest BCUT2D eigenvalue weighted by molar-refractivity contribution is 7.98. The summed E-state index contributed by atoms with van der Waals surface area (Å²) in [6, 6.07) is -0.648. The summed E-state index contributed by atoms with van der Waals surface area (Å²) in [7, 11) is -4.33. The van der Waals surface area contributed by atoms with Crippen LogP contribution in [-0.2, 0) is 52.8 Å². The number of carbonyl (C=O) groups is 3. The van der Waals surface area contributed by atoms with Crippen LogP contribution in [0.15, 0.2) is 49.2 Å². The summed E-state index contributed by atoms with van der Waals surface area (Å²) >= 11 is 0. The fourth-order valence-corrected chi connectivity index (χ4v) is 10.9. The molecule has 4 heterocycles. The Morgan fingerprint density at radius 2 is 1.22 bits per heavy atom. The molecule has 19 heteroatoms. The Morgan fingerprint density at radius 1 is 0.761 bits per heavy atom. The van der Waals surface area contributed by atoms with Gasteiger partial charge in [-0.2, -0.15) is 0 Å². The number of ether oxygens (including phenoxy) is 2. The minimum absolute atomic E-state index is 0.0664. The summed E-state index contributed by atoms with van der Waals surface area (Å²) in [6.45, 7) is 3.70. The molecule has 4 atom stereocenters. The van der Waals surface area contributed by atoms with Gasteiger partial charge in [-0.1, -0.05) is 6.58 Å². The van der Waals surface area contributed by atoms with Crippen LogP contribution in [0.2, 0.25) is 0 Å². The van der Waals surface area contributed by atoms with E-state index in [-0.39, 0.29) is 37.0 Å². The molecule has 3 unspecified atom stereocenters. The maximum atomic E-state index is 13.8. The normalized spacial score (nSPS) is 33.2. The molecule has 0 aromatic carbocycles. The van der Waals surface area contributed by atoms with E-state index in [2.05, 4.69) is 6.58 Å². The second-order valence-corrected chi connectivity index (χ2v) is 16.4. The minimum atomic E-state index is -4.62. The summed E-state index contributed by atoms with van der Waals surface area (Å²) in [5, 5.41) is 20.9. The predicted molar refractivity (Wildman–Crippen MR) is 155 cm³/mol. The molecule has 246 valence electrons. The molecule has 2 aliphatic carbocycles. The van der Waals surface area contributed by atoms with Gasteiger partial charge in [0.2, 0.25) is 41.3 Å². The van der Waals surface area contributed by atoms with E-state index >= 15 is 0 Å². The van der Waals surface area contributed by atoms with Gasteiger partial charge in [-0.05, 0) is 24.0 Å². The molecule has 1 aromatic heterocycles. The van der Waals surface area contributed by atoms with Crippen molar-refractivity contribution in [3.8, 4) is 5.88 Å². The Labute approximate surface area is 260 Å². The third kappa shape index (κ3) is 3.80. The number of amides is 2. The van der Waals surface area contributed by atoms with Crippen LogP contribution < -0.4 is 11.2 Å². The molecule has 4 fully saturated rings. The van der Waals surface area contributed by atoms with Crippen molar-refractivity contribution < 1.29 is 50.9 Å². The number of sulfone groups is 2. The Morgan fingerprint density at radius 3 is 1.70 bits per heavy atom. The number of urea groups is 1. The van der Waals surface area contributed by atoms with Gasteiger partial charge in [-0.25, -0.2) is 36.0 Å². The lowest BCUT2D eigenvalue weighted by molar-refractivity contribution is -0.145. The van der Waals surface area contributed by atoms with Crippen molar-refractivity contribution >= 4 is 43.7 Å². The maximum absolute atomic E-state index is 13.8. The lowest BCUT2D eigenvalue weighted by Gasteiger charge is -2.32. The number of hydrogen-bond donors (Lipinski definition) is 2. The Hall–Kier alpha value is -4.65. The number of rotatable bonds is 2. The van der Waals surface area contributed by atoms with Crippen LogP contribution in [0.25, 0.3) is 6.08 Å². The number of aromatic hydroxyl groups is 1. The van der Waals surface area contributed by atoms with Crippen molar-refractivity contribution in [3.63, 3.8) is 0 Å². The molecular formula is C27H28N4O13S2. The average Bonchev–Trinajstić information content (AvgIpc) is 3.60. The zero-order valence-corrected chi connectivity index (χ0v) is 26.5. The van der Waals surface area contributed by atoms with Crippen LogP contribution in [0.1, 0.15) is 31.2 Å². The molecule has 1 aromatic rings.